The summed E-state index contributed by atoms with van der Waals surface area (Å²) < 4.78 is 1.95. The number of nitro groups is 1. The van der Waals surface area contributed by atoms with Crippen LogP contribution in [-0.4, -0.2) is 74.7 Å². The van der Waals surface area contributed by atoms with Crippen molar-refractivity contribution in [1.82, 2.24) is 19.2 Å². The van der Waals surface area contributed by atoms with Crippen molar-refractivity contribution in [3.8, 4) is 11.3 Å². The fourth-order valence-corrected chi connectivity index (χ4v) is 6.70. The van der Waals surface area contributed by atoms with E-state index in [0.29, 0.717) is 43.5 Å². The summed E-state index contributed by atoms with van der Waals surface area (Å²) in [5.74, 6) is 0.627. The van der Waals surface area contributed by atoms with Gasteiger partial charge in [-0.3, -0.25) is 19.7 Å². The molecular weight excluding hydrogens is 520 g/mol. The van der Waals surface area contributed by atoms with Gasteiger partial charge in [0.1, 0.15) is 11.7 Å². The molecule has 2 amide bonds. The standard InChI is InChI=1S/C31H30N6O4/c38-30(22-6-3-5-21(15-22)27-20-33-13-2-1-8-29(33)32-27)36-14-4-7-28(36)31(39)35-18-23-16-34(17-24(23)19-35)25-9-11-26(12-10-25)37(40)41/h1-3,5-6,8-13,15,20,23-24,28H,4,7,14,16-19H2. The van der Waals surface area contributed by atoms with Crippen molar-refractivity contribution in [3.63, 3.8) is 0 Å². The number of pyridine rings is 1. The Balaban J connectivity index is 1.02. The number of carbonyl (C=O) groups is 2. The molecule has 2 aromatic carbocycles. The number of likely N-dealkylation sites (tertiary alicyclic amines) is 2. The SMILES string of the molecule is O=C(C1CCCN1C(=O)c1cccc(-c2cn3ccccc3n2)c1)N1CC2CN(c3ccc([N+](=O)[O-])cc3)CC2C1. The van der Waals surface area contributed by atoms with Gasteiger partial charge in [0.25, 0.3) is 11.6 Å². The zero-order valence-electron chi connectivity index (χ0n) is 22.5. The fourth-order valence-electron chi connectivity index (χ4n) is 6.70. The molecule has 7 rings (SSSR count). The van der Waals surface area contributed by atoms with Crippen molar-refractivity contribution in [2.24, 2.45) is 11.8 Å². The van der Waals surface area contributed by atoms with Crippen molar-refractivity contribution in [2.75, 3.05) is 37.6 Å². The third-order valence-corrected chi connectivity index (χ3v) is 8.79. The van der Waals surface area contributed by atoms with Crippen LogP contribution in [0.4, 0.5) is 11.4 Å². The van der Waals surface area contributed by atoms with Crippen LogP contribution in [0.1, 0.15) is 23.2 Å². The van der Waals surface area contributed by atoms with E-state index in [-0.39, 0.29) is 22.4 Å². The van der Waals surface area contributed by atoms with E-state index in [1.165, 1.54) is 12.1 Å². The summed E-state index contributed by atoms with van der Waals surface area (Å²) in [5, 5.41) is 11.0. The number of aromatic nitrogens is 2. The average Bonchev–Trinajstić information content (AvgIpc) is 3.79. The van der Waals surface area contributed by atoms with Crippen molar-refractivity contribution in [3.05, 3.63) is 94.8 Å². The Labute approximate surface area is 237 Å². The normalized spacial score (nSPS) is 22.0. The molecule has 0 radical (unpaired) electrons. The predicted octanol–water partition coefficient (Wildman–Crippen LogP) is 4.11. The molecule has 10 nitrogen and oxygen atoms in total. The van der Waals surface area contributed by atoms with Crippen LogP contribution in [0.5, 0.6) is 0 Å². The number of non-ortho nitro benzene ring substituents is 1. The average molecular weight is 551 g/mol. The van der Waals surface area contributed by atoms with Crippen molar-refractivity contribution >= 4 is 28.8 Å². The van der Waals surface area contributed by atoms with Gasteiger partial charge in [-0.2, -0.15) is 0 Å². The van der Waals surface area contributed by atoms with Crippen LogP contribution in [0.25, 0.3) is 16.9 Å². The Morgan fingerprint density at radius 3 is 2.44 bits per heavy atom. The molecule has 0 bridgehead atoms. The van der Waals surface area contributed by atoms with Gasteiger partial charge in [-0.15, -0.1) is 0 Å². The summed E-state index contributed by atoms with van der Waals surface area (Å²) in [5.41, 5.74) is 4.13. The third kappa shape index (κ3) is 4.59. The summed E-state index contributed by atoms with van der Waals surface area (Å²) >= 11 is 0. The van der Waals surface area contributed by atoms with E-state index in [9.17, 15) is 19.7 Å². The van der Waals surface area contributed by atoms with Crippen LogP contribution in [0.3, 0.4) is 0 Å². The van der Waals surface area contributed by atoms with E-state index in [4.69, 9.17) is 0 Å². The van der Waals surface area contributed by atoms with E-state index in [2.05, 4.69) is 9.88 Å². The van der Waals surface area contributed by atoms with E-state index in [1.807, 2.05) is 64.2 Å². The summed E-state index contributed by atoms with van der Waals surface area (Å²) in [4.78, 5) is 48.6. The molecule has 0 N–H and O–H groups in total. The molecule has 3 unspecified atom stereocenters. The van der Waals surface area contributed by atoms with E-state index in [0.717, 1.165) is 42.1 Å². The molecule has 5 heterocycles. The molecule has 2 aromatic heterocycles. The summed E-state index contributed by atoms with van der Waals surface area (Å²) in [6.45, 7) is 3.55. The number of nitrogens with zero attached hydrogens (tertiary/aromatic N) is 6. The second-order valence-electron chi connectivity index (χ2n) is 11.3. The molecule has 3 saturated heterocycles. The van der Waals surface area contributed by atoms with Crippen LogP contribution in [0, 0.1) is 22.0 Å². The molecule has 0 aliphatic carbocycles. The van der Waals surface area contributed by atoms with Gasteiger partial charge in [0, 0.05) is 85.9 Å². The number of fused-ring (bicyclic) bond motifs is 2. The fraction of sp³-hybridized carbons (Fsp3) is 0.323. The van der Waals surface area contributed by atoms with Gasteiger partial charge < -0.3 is 19.1 Å². The third-order valence-electron chi connectivity index (χ3n) is 8.79. The van der Waals surface area contributed by atoms with Gasteiger partial charge in [0.05, 0.1) is 10.6 Å². The predicted molar refractivity (Wildman–Crippen MR) is 154 cm³/mol. The lowest BCUT2D eigenvalue weighted by Gasteiger charge is -2.29. The minimum Gasteiger partial charge on any atom is -0.371 e. The van der Waals surface area contributed by atoms with Gasteiger partial charge in [-0.1, -0.05) is 18.2 Å². The lowest BCUT2D eigenvalue weighted by atomic mass is 10.0. The number of hydrogen-bond acceptors (Lipinski definition) is 6. The molecule has 4 aromatic rings. The molecular formula is C31H30N6O4. The molecule has 3 aliphatic heterocycles. The van der Waals surface area contributed by atoms with E-state index < -0.39 is 6.04 Å². The number of anilines is 1. The molecule has 3 fully saturated rings. The zero-order chi connectivity index (χ0) is 28.1. The highest BCUT2D eigenvalue weighted by Gasteiger charge is 2.45. The topological polar surface area (TPSA) is 104 Å². The lowest BCUT2D eigenvalue weighted by molar-refractivity contribution is -0.384. The largest absolute Gasteiger partial charge is 0.371 e. The van der Waals surface area contributed by atoms with Crippen molar-refractivity contribution in [2.45, 2.75) is 18.9 Å². The van der Waals surface area contributed by atoms with Gasteiger partial charge >= 0.3 is 0 Å². The molecule has 10 heteroatoms. The Bertz CT molecular complexity index is 1600. The monoisotopic (exact) mass is 550 g/mol. The minimum absolute atomic E-state index is 0.0450. The number of benzene rings is 2. The second-order valence-corrected chi connectivity index (χ2v) is 11.3. The van der Waals surface area contributed by atoms with Crippen LogP contribution >= 0.6 is 0 Å². The first-order chi connectivity index (χ1) is 19.9. The van der Waals surface area contributed by atoms with Gasteiger partial charge in [0.15, 0.2) is 0 Å². The Hall–Kier alpha value is -4.73. The van der Waals surface area contributed by atoms with Crippen molar-refractivity contribution in [1.29, 1.82) is 0 Å². The molecule has 208 valence electrons. The first-order valence-corrected chi connectivity index (χ1v) is 14.1. The maximum atomic E-state index is 13.7. The molecule has 0 spiro atoms. The molecule has 3 atom stereocenters. The Morgan fingerprint density at radius 2 is 1.71 bits per heavy atom. The second kappa shape index (κ2) is 10.0. The highest BCUT2D eigenvalue weighted by molar-refractivity contribution is 5.99. The van der Waals surface area contributed by atoms with Gasteiger partial charge in [-0.05, 0) is 49.2 Å². The molecule has 3 aliphatic rings. The Morgan fingerprint density at radius 1 is 0.927 bits per heavy atom. The number of imidazole rings is 1. The minimum atomic E-state index is -0.439. The Kier molecular flexibility index (Phi) is 6.18. The van der Waals surface area contributed by atoms with Gasteiger partial charge in [0.2, 0.25) is 5.91 Å². The zero-order valence-corrected chi connectivity index (χ0v) is 22.5. The quantitative estimate of drug-likeness (QED) is 0.274. The smallest absolute Gasteiger partial charge is 0.269 e. The first-order valence-electron chi connectivity index (χ1n) is 14.1. The van der Waals surface area contributed by atoms with Crippen LogP contribution < -0.4 is 4.90 Å². The highest BCUT2D eigenvalue weighted by atomic mass is 16.6. The number of amides is 2. The lowest BCUT2D eigenvalue weighted by Crippen LogP contribution is -2.47. The van der Waals surface area contributed by atoms with Crippen LogP contribution in [0.15, 0.2) is 79.1 Å². The van der Waals surface area contributed by atoms with E-state index in [1.54, 1.807) is 17.0 Å². The van der Waals surface area contributed by atoms with Crippen LogP contribution in [0.2, 0.25) is 0 Å². The molecule has 0 saturated carbocycles. The van der Waals surface area contributed by atoms with Crippen LogP contribution in [-0.2, 0) is 4.79 Å². The maximum Gasteiger partial charge on any atom is 0.269 e. The van der Waals surface area contributed by atoms with Gasteiger partial charge in [-0.25, -0.2) is 4.98 Å². The summed E-state index contributed by atoms with van der Waals surface area (Å²) in [6, 6.07) is 19.6. The first kappa shape index (κ1) is 25.3. The number of hydrogen-bond donors (Lipinski definition) is 0. The number of carbonyl (C=O) groups excluding carboxylic acids is 2. The summed E-state index contributed by atoms with van der Waals surface area (Å²) in [6.07, 6.45) is 5.38. The van der Waals surface area contributed by atoms with Crippen molar-refractivity contribution < 1.29 is 14.5 Å². The van der Waals surface area contributed by atoms with E-state index >= 15 is 0 Å². The number of nitro benzene ring substituents is 1. The molecule has 41 heavy (non-hydrogen) atoms. The maximum absolute atomic E-state index is 13.7. The summed E-state index contributed by atoms with van der Waals surface area (Å²) in [7, 11) is 0. The highest BCUT2D eigenvalue weighted by Crippen LogP contribution is 2.36. The number of rotatable bonds is 5.